The fourth-order valence-electron chi connectivity index (χ4n) is 1.88. The van der Waals surface area contributed by atoms with E-state index in [1.165, 1.54) is 18.2 Å². The molecule has 2 aromatic rings. The number of nitrogens with two attached hydrogens (primary N) is 2. The van der Waals surface area contributed by atoms with Gasteiger partial charge in [-0.1, -0.05) is 18.2 Å². The number of nitrogen functional groups attached to an aromatic ring is 1. The second kappa shape index (κ2) is 6.13. The van der Waals surface area contributed by atoms with Crippen molar-refractivity contribution in [2.75, 3.05) is 12.3 Å². The lowest BCUT2D eigenvalue weighted by Crippen LogP contribution is -2.13. The molecule has 6 nitrogen and oxygen atoms in total. The Hall–Kier alpha value is -2.09. The summed E-state index contributed by atoms with van der Waals surface area (Å²) < 4.78 is 28.9. The number of benzene rings is 2. The maximum absolute atomic E-state index is 11.6. The van der Waals surface area contributed by atoms with Crippen LogP contribution < -0.4 is 15.6 Å². The van der Waals surface area contributed by atoms with Crippen molar-refractivity contribution >= 4 is 15.7 Å². The number of primary sulfonamides is 1. The molecule has 0 aliphatic rings. The molecule has 0 aromatic heterocycles. The Balaban J connectivity index is 2.45. The first-order chi connectivity index (χ1) is 9.91. The monoisotopic (exact) mass is 308 g/mol. The van der Waals surface area contributed by atoms with Gasteiger partial charge in [0.15, 0.2) is 0 Å². The number of ether oxygens (including phenoxy) is 1. The molecule has 0 aliphatic carbocycles. The van der Waals surface area contributed by atoms with Crippen LogP contribution >= 0.6 is 0 Å². The van der Waals surface area contributed by atoms with Gasteiger partial charge in [0.05, 0.1) is 0 Å². The summed E-state index contributed by atoms with van der Waals surface area (Å²) in [4.78, 5) is -0.179. The zero-order valence-corrected chi connectivity index (χ0v) is 12.0. The quantitative estimate of drug-likeness (QED) is 0.719. The second-order valence-electron chi connectivity index (χ2n) is 4.43. The third-order valence-corrected chi connectivity index (χ3v) is 3.78. The molecule has 0 aliphatic heterocycles. The number of sulfonamides is 1. The predicted molar refractivity (Wildman–Crippen MR) is 79.5 cm³/mol. The molecule has 0 bridgehead atoms. The molecule has 0 fully saturated rings. The van der Waals surface area contributed by atoms with Crippen molar-refractivity contribution in [1.29, 1.82) is 0 Å². The summed E-state index contributed by atoms with van der Waals surface area (Å²) in [5.41, 5.74) is 6.62. The van der Waals surface area contributed by atoms with Crippen molar-refractivity contribution in [3.8, 4) is 11.5 Å². The van der Waals surface area contributed by atoms with Crippen molar-refractivity contribution in [3.05, 3.63) is 48.0 Å². The van der Waals surface area contributed by atoms with E-state index in [1.807, 2.05) is 0 Å². The van der Waals surface area contributed by atoms with Crippen molar-refractivity contribution in [3.63, 3.8) is 0 Å². The van der Waals surface area contributed by atoms with E-state index in [4.69, 9.17) is 20.7 Å². The van der Waals surface area contributed by atoms with Crippen LogP contribution in [0.1, 0.15) is 5.56 Å². The minimum atomic E-state index is -3.96. The van der Waals surface area contributed by atoms with Crippen molar-refractivity contribution in [2.45, 2.75) is 11.3 Å². The topological polar surface area (TPSA) is 116 Å². The van der Waals surface area contributed by atoms with Gasteiger partial charge in [0.1, 0.15) is 16.4 Å². The van der Waals surface area contributed by atoms with E-state index in [-0.39, 0.29) is 22.9 Å². The summed E-state index contributed by atoms with van der Waals surface area (Å²) in [5, 5.41) is 14.2. The maximum atomic E-state index is 11.6. The lowest BCUT2D eigenvalue weighted by Gasteiger charge is -2.13. The van der Waals surface area contributed by atoms with E-state index in [0.29, 0.717) is 12.2 Å². The Labute approximate surface area is 123 Å². The van der Waals surface area contributed by atoms with Crippen LogP contribution in [0.2, 0.25) is 0 Å². The van der Waals surface area contributed by atoms with Crippen molar-refractivity contribution in [2.24, 2.45) is 5.14 Å². The van der Waals surface area contributed by atoms with Gasteiger partial charge in [0.2, 0.25) is 10.0 Å². The molecule has 0 spiro atoms. The van der Waals surface area contributed by atoms with Gasteiger partial charge < -0.3 is 15.6 Å². The minimum Gasteiger partial charge on any atom is -0.456 e. The van der Waals surface area contributed by atoms with Gasteiger partial charge in [-0.2, -0.15) is 0 Å². The number of para-hydroxylation sites is 1. The number of hydrogen-bond donors (Lipinski definition) is 3. The Bertz CT molecular complexity index is 744. The minimum absolute atomic E-state index is 0.0375. The standard InChI is InChI=1S/C14H16N2O4S/c15-11-5-6-13(14(9-11)21(16,18)19)20-12-4-2-1-3-10(12)7-8-17/h1-6,9,17H,7-8,15H2,(H2,16,18,19). The van der Waals surface area contributed by atoms with E-state index in [9.17, 15) is 8.42 Å². The van der Waals surface area contributed by atoms with E-state index in [1.54, 1.807) is 24.3 Å². The lowest BCUT2D eigenvalue weighted by molar-refractivity contribution is 0.297. The van der Waals surface area contributed by atoms with Crippen LogP contribution in [0.15, 0.2) is 47.4 Å². The number of aliphatic hydroxyl groups is 1. The highest BCUT2D eigenvalue weighted by Gasteiger charge is 2.17. The molecule has 2 rings (SSSR count). The van der Waals surface area contributed by atoms with Crippen LogP contribution in [0.5, 0.6) is 11.5 Å². The molecular weight excluding hydrogens is 292 g/mol. The number of hydrogen-bond acceptors (Lipinski definition) is 5. The van der Waals surface area contributed by atoms with Gasteiger partial charge in [-0.3, -0.25) is 0 Å². The number of anilines is 1. The second-order valence-corrected chi connectivity index (χ2v) is 5.96. The highest BCUT2D eigenvalue weighted by atomic mass is 32.2. The van der Waals surface area contributed by atoms with E-state index < -0.39 is 10.0 Å². The molecule has 112 valence electrons. The first kappa shape index (κ1) is 15.3. The third-order valence-electron chi connectivity index (χ3n) is 2.85. The predicted octanol–water partition coefficient (Wildman–Crippen LogP) is 1.24. The van der Waals surface area contributed by atoms with Gasteiger partial charge in [0, 0.05) is 12.3 Å². The highest BCUT2D eigenvalue weighted by Crippen LogP contribution is 2.31. The molecule has 0 radical (unpaired) electrons. The van der Waals surface area contributed by atoms with Crippen LogP contribution in [-0.4, -0.2) is 20.1 Å². The molecule has 0 saturated carbocycles. The highest BCUT2D eigenvalue weighted by molar-refractivity contribution is 7.89. The fourth-order valence-corrected chi connectivity index (χ4v) is 2.57. The summed E-state index contributed by atoms with van der Waals surface area (Å²) >= 11 is 0. The summed E-state index contributed by atoms with van der Waals surface area (Å²) in [5.74, 6) is 0.554. The summed E-state index contributed by atoms with van der Waals surface area (Å²) in [6.45, 7) is -0.0375. The normalized spacial score (nSPS) is 11.3. The summed E-state index contributed by atoms with van der Waals surface area (Å²) in [7, 11) is -3.96. The van der Waals surface area contributed by atoms with Gasteiger partial charge in [-0.05, 0) is 36.2 Å². The van der Waals surface area contributed by atoms with E-state index >= 15 is 0 Å². The summed E-state index contributed by atoms with van der Waals surface area (Å²) in [6, 6.07) is 11.3. The van der Waals surface area contributed by atoms with Crippen molar-refractivity contribution in [1.82, 2.24) is 0 Å². The molecule has 21 heavy (non-hydrogen) atoms. The van der Waals surface area contributed by atoms with Gasteiger partial charge >= 0.3 is 0 Å². The lowest BCUT2D eigenvalue weighted by atomic mass is 10.1. The molecule has 7 heteroatoms. The molecular formula is C14H16N2O4S. The molecule has 0 amide bonds. The van der Waals surface area contributed by atoms with Crippen LogP contribution in [0, 0.1) is 0 Å². The van der Waals surface area contributed by atoms with Crippen LogP contribution in [0.3, 0.4) is 0 Å². The number of rotatable bonds is 5. The third kappa shape index (κ3) is 3.72. The van der Waals surface area contributed by atoms with Gasteiger partial charge in [-0.15, -0.1) is 0 Å². The van der Waals surface area contributed by atoms with E-state index in [2.05, 4.69) is 0 Å². The Morgan fingerprint density at radius 3 is 2.48 bits per heavy atom. The molecule has 0 saturated heterocycles. The molecule has 2 aromatic carbocycles. The molecule has 0 heterocycles. The molecule has 0 unspecified atom stereocenters. The first-order valence-corrected chi connectivity index (χ1v) is 7.75. The Morgan fingerprint density at radius 2 is 1.81 bits per heavy atom. The van der Waals surface area contributed by atoms with Gasteiger partial charge in [-0.25, -0.2) is 13.6 Å². The molecule has 5 N–H and O–H groups in total. The average Bonchev–Trinajstić information content (AvgIpc) is 2.42. The Morgan fingerprint density at radius 1 is 1.10 bits per heavy atom. The fraction of sp³-hybridized carbons (Fsp3) is 0.143. The smallest absolute Gasteiger partial charge is 0.241 e. The zero-order valence-electron chi connectivity index (χ0n) is 11.2. The SMILES string of the molecule is Nc1ccc(Oc2ccccc2CCO)c(S(N)(=O)=O)c1. The maximum Gasteiger partial charge on any atom is 0.241 e. The Kier molecular flexibility index (Phi) is 4.46. The van der Waals surface area contributed by atoms with Crippen LogP contribution in [0.4, 0.5) is 5.69 Å². The first-order valence-electron chi connectivity index (χ1n) is 6.21. The van der Waals surface area contributed by atoms with Gasteiger partial charge in [0.25, 0.3) is 0 Å². The van der Waals surface area contributed by atoms with Crippen LogP contribution in [0.25, 0.3) is 0 Å². The van der Waals surface area contributed by atoms with Crippen LogP contribution in [-0.2, 0) is 16.4 Å². The van der Waals surface area contributed by atoms with E-state index in [0.717, 1.165) is 5.56 Å². The largest absolute Gasteiger partial charge is 0.456 e. The van der Waals surface area contributed by atoms with Crippen molar-refractivity contribution < 1.29 is 18.3 Å². The average molecular weight is 308 g/mol. The molecule has 0 atom stereocenters. The summed E-state index contributed by atoms with van der Waals surface area (Å²) in [6.07, 6.45) is 0.399. The number of aliphatic hydroxyl groups excluding tert-OH is 1. The zero-order chi connectivity index (χ0) is 15.5.